The highest BCUT2D eigenvalue weighted by atomic mass is 16.3. The molecule has 1 rings (SSSR count). The number of ketones is 1. The van der Waals surface area contributed by atoms with Crippen LogP contribution in [-0.4, -0.2) is 17.5 Å². The molecule has 0 amide bonds. The fourth-order valence-corrected chi connectivity index (χ4v) is 1.35. The number of nitrogens with zero attached hydrogens (tertiary/aromatic N) is 1. The Kier molecular flexibility index (Phi) is 4.52. The maximum atomic E-state index is 11.4. The normalized spacial score (nSPS) is 9.60. The Hall–Kier alpha value is -1.66. The van der Waals surface area contributed by atoms with Gasteiger partial charge in [-0.05, 0) is 12.0 Å². The first kappa shape index (κ1) is 11.4. The van der Waals surface area contributed by atoms with Crippen molar-refractivity contribution in [3.05, 3.63) is 41.2 Å². The molecule has 0 aliphatic rings. The highest BCUT2D eigenvalue weighted by molar-refractivity contribution is 5.82. The Morgan fingerprint density at radius 3 is 2.80 bits per heavy atom. The van der Waals surface area contributed by atoms with Gasteiger partial charge >= 0.3 is 0 Å². The fraction of sp³-hybridized carbons (Fsp3) is 0.333. The Bertz CT molecular complexity index is 379. The van der Waals surface area contributed by atoms with E-state index in [1.54, 1.807) is 18.2 Å². The summed E-state index contributed by atoms with van der Waals surface area (Å²) in [6.45, 7) is 6.98. The van der Waals surface area contributed by atoms with Crippen LogP contribution in [0.15, 0.2) is 24.3 Å². The molecule has 1 aromatic rings. The van der Waals surface area contributed by atoms with Gasteiger partial charge in [-0.2, -0.15) is 0 Å². The fourth-order valence-electron chi connectivity index (χ4n) is 1.35. The first-order valence-electron chi connectivity index (χ1n) is 4.86. The zero-order valence-corrected chi connectivity index (χ0v) is 8.44. The van der Waals surface area contributed by atoms with Crippen molar-refractivity contribution >= 4 is 11.5 Å². The lowest BCUT2D eigenvalue weighted by atomic mass is 10.0. The lowest BCUT2D eigenvalue weighted by molar-refractivity contribution is -0.118. The van der Waals surface area contributed by atoms with Gasteiger partial charge in [0.05, 0.1) is 6.57 Å². The lowest BCUT2D eigenvalue weighted by Gasteiger charge is -2.02. The summed E-state index contributed by atoms with van der Waals surface area (Å²) in [5.41, 5.74) is 1.31. The molecule has 3 heteroatoms. The second-order valence-electron chi connectivity index (χ2n) is 3.28. The predicted molar refractivity (Wildman–Crippen MR) is 57.7 cm³/mol. The molecule has 0 bridgehead atoms. The van der Waals surface area contributed by atoms with Gasteiger partial charge in [-0.25, -0.2) is 4.85 Å². The minimum atomic E-state index is 0.0379. The first-order valence-corrected chi connectivity index (χ1v) is 4.86. The Morgan fingerprint density at radius 1 is 1.40 bits per heavy atom. The van der Waals surface area contributed by atoms with Gasteiger partial charge in [-0.1, -0.05) is 24.3 Å². The molecule has 78 valence electrons. The van der Waals surface area contributed by atoms with Crippen LogP contribution in [0, 0.1) is 6.57 Å². The number of carbonyl (C=O) groups excluding carboxylic acids is 1. The van der Waals surface area contributed by atoms with Crippen molar-refractivity contribution in [3.63, 3.8) is 0 Å². The van der Waals surface area contributed by atoms with Crippen molar-refractivity contribution < 1.29 is 9.90 Å². The topological polar surface area (TPSA) is 41.7 Å². The van der Waals surface area contributed by atoms with E-state index < -0.39 is 0 Å². The van der Waals surface area contributed by atoms with Crippen molar-refractivity contribution in [1.82, 2.24) is 0 Å². The summed E-state index contributed by atoms with van der Waals surface area (Å²) in [7, 11) is 0. The highest BCUT2D eigenvalue weighted by Crippen LogP contribution is 2.19. The third-order valence-corrected chi connectivity index (χ3v) is 2.11. The summed E-state index contributed by atoms with van der Waals surface area (Å²) in [6.07, 6.45) is 1.17. The van der Waals surface area contributed by atoms with Gasteiger partial charge in [-0.15, -0.1) is 0 Å². The largest absolute Gasteiger partial charge is 0.396 e. The summed E-state index contributed by atoms with van der Waals surface area (Å²) >= 11 is 0. The van der Waals surface area contributed by atoms with Crippen LogP contribution in [0.1, 0.15) is 18.4 Å². The van der Waals surface area contributed by atoms with Crippen LogP contribution in [0.25, 0.3) is 4.85 Å². The monoisotopic (exact) mass is 203 g/mol. The zero-order chi connectivity index (χ0) is 11.1. The summed E-state index contributed by atoms with van der Waals surface area (Å²) in [6, 6.07) is 7.12. The Balaban J connectivity index is 2.64. The number of aliphatic hydroxyl groups excluding tert-OH is 1. The third-order valence-electron chi connectivity index (χ3n) is 2.11. The van der Waals surface area contributed by atoms with Crippen molar-refractivity contribution in [2.45, 2.75) is 19.3 Å². The zero-order valence-electron chi connectivity index (χ0n) is 8.44. The molecule has 0 aromatic heterocycles. The second-order valence-corrected chi connectivity index (χ2v) is 3.28. The SMILES string of the molecule is [C-]#[N+]c1ccccc1CC(=O)CCCO. The van der Waals surface area contributed by atoms with E-state index in [9.17, 15) is 4.79 Å². The molecule has 0 spiro atoms. The molecule has 0 saturated carbocycles. The second kappa shape index (κ2) is 5.94. The highest BCUT2D eigenvalue weighted by Gasteiger charge is 2.06. The molecule has 0 heterocycles. The molecule has 3 nitrogen and oxygen atoms in total. The summed E-state index contributed by atoms with van der Waals surface area (Å²) in [5.74, 6) is 0.0696. The number of Topliss-reactive ketones (excluding diaryl/α,β-unsaturated/α-hetero) is 1. The van der Waals surface area contributed by atoms with Crippen LogP contribution in [0.2, 0.25) is 0 Å². The van der Waals surface area contributed by atoms with Crippen molar-refractivity contribution in [2.75, 3.05) is 6.61 Å². The van der Waals surface area contributed by atoms with Crippen LogP contribution in [0.5, 0.6) is 0 Å². The number of para-hydroxylation sites is 1. The Labute approximate surface area is 89.2 Å². The van der Waals surface area contributed by atoms with E-state index in [0.717, 1.165) is 5.56 Å². The number of benzene rings is 1. The third kappa shape index (κ3) is 3.53. The van der Waals surface area contributed by atoms with Crippen LogP contribution < -0.4 is 0 Å². The molecule has 0 fully saturated rings. The van der Waals surface area contributed by atoms with E-state index in [-0.39, 0.29) is 12.4 Å². The van der Waals surface area contributed by atoms with Gasteiger partial charge in [-0.3, -0.25) is 4.79 Å². The predicted octanol–water partition coefficient (Wildman–Crippen LogP) is 2.12. The van der Waals surface area contributed by atoms with Crippen LogP contribution in [0.3, 0.4) is 0 Å². The summed E-state index contributed by atoms with van der Waals surface area (Å²) < 4.78 is 0. The average Bonchev–Trinajstić information content (AvgIpc) is 2.27. The molecule has 0 radical (unpaired) electrons. The van der Waals surface area contributed by atoms with E-state index in [1.807, 2.05) is 6.07 Å². The van der Waals surface area contributed by atoms with Crippen molar-refractivity contribution in [2.24, 2.45) is 0 Å². The number of rotatable bonds is 5. The van der Waals surface area contributed by atoms with Gasteiger partial charge in [0.2, 0.25) is 0 Å². The maximum Gasteiger partial charge on any atom is 0.190 e. The molecule has 1 N–H and O–H groups in total. The molecule has 1 aromatic carbocycles. The smallest absolute Gasteiger partial charge is 0.190 e. The molecular weight excluding hydrogens is 190 g/mol. The lowest BCUT2D eigenvalue weighted by Crippen LogP contribution is -2.03. The van der Waals surface area contributed by atoms with Gasteiger partial charge in [0, 0.05) is 19.4 Å². The number of hydrogen-bond donors (Lipinski definition) is 1. The van der Waals surface area contributed by atoms with Gasteiger partial charge in [0.15, 0.2) is 5.69 Å². The van der Waals surface area contributed by atoms with E-state index >= 15 is 0 Å². The minimum absolute atomic E-state index is 0.0379. The molecule has 0 saturated heterocycles. The molecule has 0 atom stereocenters. The minimum Gasteiger partial charge on any atom is -0.396 e. The van der Waals surface area contributed by atoms with Gasteiger partial charge < -0.3 is 5.11 Å². The van der Waals surface area contributed by atoms with E-state index in [0.29, 0.717) is 24.9 Å². The quantitative estimate of drug-likeness (QED) is 0.745. The average molecular weight is 203 g/mol. The number of carbonyl (C=O) groups is 1. The summed E-state index contributed by atoms with van der Waals surface area (Å²) in [4.78, 5) is 14.8. The van der Waals surface area contributed by atoms with Gasteiger partial charge in [0.25, 0.3) is 0 Å². The molecule has 0 aliphatic carbocycles. The standard InChI is InChI=1S/C12H13NO2/c1-13-12-7-3-2-5-10(12)9-11(15)6-4-8-14/h2-3,5,7,14H,4,6,8-9H2. The molecular formula is C12H13NO2. The van der Waals surface area contributed by atoms with Crippen LogP contribution in [-0.2, 0) is 11.2 Å². The van der Waals surface area contributed by atoms with Crippen LogP contribution >= 0.6 is 0 Å². The summed E-state index contributed by atoms with van der Waals surface area (Å²) in [5, 5.41) is 8.58. The van der Waals surface area contributed by atoms with E-state index in [4.69, 9.17) is 11.7 Å². The number of aliphatic hydroxyl groups is 1. The molecule has 15 heavy (non-hydrogen) atoms. The van der Waals surface area contributed by atoms with Crippen molar-refractivity contribution in [1.29, 1.82) is 0 Å². The van der Waals surface area contributed by atoms with E-state index in [1.165, 1.54) is 0 Å². The van der Waals surface area contributed by atoms with Crippen LogP contribution in [0.4, 0.5) is 5.69 Å². The number of hydrogen-bond acceptors (Lipinski definition) is 2. The molecule has 0 aliphatic heterocycles. The maximum absolute atomic E-state index is 11.4. The first-order chi connectivity index (χ1) is 7.27. The Morgan fingerprint density at radius 2 is 2.13 bits per heavy atom. The molecule has 0 unspecified atom stereocenters. The van der Waals surface area contributed by atoms with Gasteiger partial charge in [0.1, 0.15) is 5.78 Å². The van der Waals surface area contributed by atoms with Crippen molar-refractivity contribution in [3.8, 4) is 0 Å². The van der Waals surface area contributed by atoms with E-state index in [2.05, 4.69) is 4.85 Å².